The van der Waals surface area contributed by atoms with Gasteiger partial charge in [0.25, 0.3) is 0 Å². The van der Waals surface area contributed by atoms with Crippen molar-refractivity contribution in [3.05, 3.63) is 41.0 Å². The van der Waals surface area contributed by atoms with Crippen molar-refractivity contribution in [1.29, 1.82) is 0 Å². The van der Waals surface area contributed by atoms with Crippen LogP contribution in [0.5, 0.6) is 0 Å². The molecular formula is C21H27NO6. The highest BCUT2D eigenvalue weighted by Gasteiger charge is 2.50. The van der Waals surface area contributed by atoms with E-state index in [9.17, 15) is 14.4 Å². The summed E-state index contributed by atoms with van der Waals surface area (Å²) in [5, 5.41) is 0. The Balaban J connectivity index is 2.42. The Morgan fingerprint density at radius 3 is 2.25 bits per heavy atom. The molecule has 1 aromatic rings. The molecule has 0 spiro atoms. The molecule has 0 radical (unpaired) electrons. The summed E-state index contributed by atoms with van der Waals surface area (Å²) in [5.41, 5.74) is 3.12. The lowest BCUT2D eigenvalue weighted by molar-refractivity contribution is -0.148. The number of aryl methyl sites for hydroxylation is 1. The van der Waals surface area contributed by atoms with Gasteiger partial charge in [-0.25, -0.2) is 9.59 Å². The van der Waals surface area contributed by atoms with Crippen molar-refractivity contribution in [3.8, 4) is 0 Å². The lowest BCUT2D eigenvalue weighted by atomic mass is 9.82. The number of esters is 2. The first-order chi connectivity index (χ1) is 13.3. The number of amides is 1. The van der Waals surface area contributed by atoms with E-state index in [0.29, 0.717) is 0 Å². The van der Waals surface area contributed by atoms with Crippen LogP contribution in [0.3, 0.4) is 0 Å². The summed E-state index contributed by atoms with van der Waals surface area (Å²) < 4.78 is 14.6. The van der Waals surface area contributed by atoms with Crippen molar-refractivity contribution < 1.29 is 28.6 Å². The van der Waals surface area contributed by atoms with Gasteiger partial charge in [-0.15, -0.1) is 0 Å². The van der Waals surface area contributed by atoms with Crippen molar-refractivity contribution in [3.63, 3.8) is 0 Å². The Kier molecular flexibility index (Phi) is 7.20. The Morgan fingerprint density at radius 2 is 1.71 bits per heavy atom. The number of hydrogen-bond acceptors (Lipinski definition) is 6. The third-order valence-corrected chi connectivity index (χ3v) is 5.19. The van der Waals surface area contributed by atoms with E-state index in [2.05, 4.69) is 0 Å². The van der Waals surface area contributed by atoms with E-state index in [0.717, 1.165) is 16.7 Å². The molecule has 0 saturated carbocycles. The van der Waals surface area contributed by atoms with Gasteiger partial charge in [0.1, 0.15) is 6.04 Å². The number of likely N-dealkylation sites (tertiary alicyclic amines) is 1. The summed E-state index contributed by atoms with van der Waals surface area (Å²) in [6, 6.07) is 7.11. The van der Waals surface area contributed by atoms with Crippen LogP contribution in [0.1, 0.15) is 24.5 Å². The van der Waals surface area contributed by atoms with Crippen molar-refractivity contribution in [2.24, 2.45) is 11.8 Å². The van der Waals surface area contributed by atoms with Crippen LogP contribution in [0.4, 0.5) is 4.79 Å². The molecule has 1 heterocycles. The largest absolute Gasteiger partial charge is 0.469 e. The van der Waals surface area contributed by atoms with E-state index in [1.54, 1.807) is 0 Å². The molecule has 1 aliphatic heterocycles. The third kappa shape index (κ3) is 4.71. The standard InChI is InChI=1S/C21H27NO6/c1-13-6-8-15(9-7-13)10-14(2)17-12-22(21(25)28-5)19(20(24)27-4)16(17)11-18(23)26-3/h6-10,16-17,19H,11-12H2,1-5H3/b14-10+/t16-,17+,19-/m0/s1. The summed E-state index contributed by atoms with van der Waals surface area (Å²) in [5.74, 6) is -1.71. The Bertz CT molecular complexity index is 755. The Labute approximate surface area is 165 Å². The quantitative estimate of drug-likeness (QED) is 0.569. The summed E-state index contributed by atoms with van der Waals surface area (Å²) in [7, 11) is 3.82. The molecule has 0 aliphatic carbocycles. The molecule has 1 saturated heterocycles. The molecule has 1 fully saturated rings. The molecule has 28 heavy (non-hydrogen) atoms. The van der Waals surface area contributed by atoms with Crippen molar-refractivity contribution in [2.75, 3.05) is 27.9 Å². The van der Waals surface area contributed by atoms with Crippen LogP contribution in [0, 0.1) is 18.8 Å². The van der Waals surface area contributed by atoms with Crippen molar-refractivity contribution >= 4 is 24.1 Å². The lowest BCUT2D eigenvalue weighted by Crippen LogP contribution is -2.44. The van der Waals surface area contributed by atoms with Crippen LogP contribution >= 0.6 is 0 Å². The number of hydrogen-bond donors (Lipinski definition) is 0. The normalized spacial score (nSPS) is 22.0. The number of nitrogens with zero attached hydrogens (tertiary/aromatic N) is 1. The minimum Gasteiger partial charge on any atom is -0.469 e. The van der Waals surface area contributed by atoms with Crippen LogP contribution in [0.25, 0.3) is 6.08 Å². The van der Waals surface area contributed by atoms with E-state index in [1.807, 2.05) is 44.2 Å². The van der Waals surface area contributed by atoms with Crippen LogP contribution in [0.2, 0.25) is 0 Å². The molecular weight excluding hydrogens is 362 g/mol. The van der Waals surface area contributed by atoms with Gasteiger partial charge in [-0.1, -0.05) is 41.5 Å². The van der Waals surface area contributed by atoms with Crippen LogP contribution < -0.4 is 0 Å². The molecule has 7 heteroatoms. The molecule has 1 aliphatic rings. The Hall–Kier alpha value is -2.83. The van der Waals surface area contributed by atoms with E-state index < -0.39 is 30.0 Å². The molecule has 7 nitrogen and oxygen atoms in total. The monoisotopic (exact) mass is 389 g/mol. The zero-order valence-electron chi connectivity index (χ0n) is 16.9. The van der Waals surface area contributed by atoms with Gasteiger partial charge in [0.15, 0.2) is 0 Å². The third-order valence-electron chi connectivity index (χ3n) is 5.19. The van der Waals surface area contributed by atoms with Crippen LogP contribution in [-0.4, -0.2) is 56.8 Å². The molecule has 0 unspecified atom stereocenters. The van der Waals surface area contributed by atoms with Gasteiger partial charge in [0, 0.05) is 18.4 Å². The van der Waals surface area contributed by atoms with Gasteiger partial charge in [0.2, 0.25) is 0 Å². The van der Waals surface area contributed by atoms with Gasteiger partial charge in [-0.3, -0.25) is 9.69 Å². The number of benzene rings is 1. The number of carbonyl (C=O) groups excluding carboxylic acids is 3. The van der Waals surface area contributed by atoms with E-state index >= 15 is 0 Å². The first kappa shape index (κ1) is 21.5. The molecule has 3 atom stereocenters. The highest BCUT2D eigenvalue weighted by molar-refractivity contribution is 5.84. The fourth-order valence-corrected chi connectivity index (χ4v) is 3.68. The average Bonchev–Trinajstić information content (AvgIpc) is 3.07. The second kappa shape index (κ2) is 9.39. The van der Waals surface area contributed by atoms with Gasteiger partial charge in [-0.2, -0.15) is 0 Å². The van der Waals surface area contributed by atoms with Gasteiger partial charge < -0.3 is 14.2 Å². The number of rotatable bonds is 5. The number of methoxy groups -OCH3 is 3. The molecule has 152 valence electrons. The fourth-order valence-electron chi connectivity index (χ4n) is 3.68. The zero-order valence-corrected chi connectivity index (χ0v) is 16.9. The van der Waals surface area contributed by atoms with Gasteiger partial charge in [0.05, 0.1) is 27.8 Å². The van der Waals surface area contributed by atoms with E-state index in [1.165, 1.54) is 26.2 Å². The maximum atomic E-state index is 12.4. The van der Waals surface area contributed by atoms with E-state index in [4.69, 9.17) is 14.2 Å². The maximum Gasteiger partial charge on any atom is 0.410 e. The van der Waals surface area contributed by atoms with Gasteiger partial charge >= 0.3 is 18.0 Å². The molecule has 1 amide bonds. The second-order valence-electron chi connectivity index (χ2n) is 6.94. The summed E-state index contributed by atoms with van der Waals surface area (Å²) >= 11 is 0. The first-order valence-electron chi connectivity index (χ1n) is 9.06. The lowest BCUT2D eigenvalue weighted by Gasteiger charge is -2.25. The topological polar surface area (TPSA) is 82.1 Å². The molecule has 0 bridgehead atoms. The van der Waals surface area contributed by atoms with Gasteiger partial charge in [-0.05, 0) is 19.4 Å². The highest BCUT2D eigenvalue weighted by Crippen LogP contribution is 2.38. The minimum absolute atomic E-state index is 0.00644. The van der Waals surface area contributed by atoms with E-state index in [-0.39, 0.29) is 18.9 Å². The molecule has 0 aromatic heterocycles. The van der Waals surface area contributed by atoms with Crippen LogP contribution in [0.15, 0.2) is 29.8 Å². The summed E-state index contributed by atoms with van der Waals surface area (Å²) in [6.45, 7) is 4.20. The SMILES string of the molecule is COC(=O)C[C@H]1[C@@H](/C(C)=C/c2ccc(C)cc2)CN(C(=O)OC)[C@@H]1C(=O)OC. The van der Waals surface area contributed by atoms with Crippen molar-refractivity contribution in [1.82, 2.24) is 4.90 Å². The zero-order chi connectivity index (χ0) is 20.8. The molecule has 2 rings (SSSR count). The average molecular weight is 389 g/mol. The predicted octanol–water partition coefficient (Wildman–Crippen LogP) is 2.82. The van der Waals surface area contributed by atoms with Crippen LogP contribution in [-0.2, 0) is 23.8 Å². The molecule has 0 N–H and O–H groups in total. The van der Waals surface area contributed by atoms with Crippen molar-refractivity contribution in [2.45, 2.75) is 26.3 Å². The maximum absolute atomic E-state index is 12.4. The minimum atomic E-state index is -0.914. The number of carbonyl (C=O) groups is 3. The first-order valence-corrected chi connectivity index (χ1v) is 9.06. The summed E-state index contributed by atoms with van der Waals surface area (Å²) in [4.78, 5) is 38.1. The highest BCUT2D eigenvalue weighted by atomic mass is 16.5. The predicted molar refractivity (Wildman–Crippen MR) is 103 cm³/mol. The Morgan fingerprint density at radius 1 is 1.07 bits per heavy atom. The molecule has 1 aromatic carbocycles. The second-order valence-corrected chi connectivity index (χ2v) is 6.94. The smallest absolute Gasteiger partial charge is 0.410 e. The fraction of sp³-hybridized carbons (Fsp3) is 0.476. The summed E-state index contributed by atoms with van der Waals surface area (Å²) in [6.07, 6.45) is 1.37. The number of ether oxygens (including phenoxy) is 3.